The molecule has 1 unspecified atom stereocenters. The van der Waals surface area contributed by atoms with Crippen molar-refractivity contribution in [1.29, 1.82) is 0 Å². The van der Waals surface area contributed by atoms with Crippen LogP contribution in [-0.2, 0) is 13.1 Å². The van der Waals surface area contributed by atoms with Crippen LogP contribution in [0, 0.1) is 5.92 Å². The van der Waals surface area contributed by atoms with Crippen LogP contribution < -0.4 is 4.74 Å². The standard InChI is InChI=1S/C18H23N5O2/c24-18(21-7-1-2-8-21)23-12-15(11-22-9-6-20-17(22)13-23)14-25-16-4-3-5-19-10-16/h3-6,9-10,15H,1-2,7-8,11-14H2. The monoisotopic (exact) mass is 341 g/mol. The van der Waals surface area contributed by atoms with Gasteiger partial charge in [-0.2, -0.15) is 0 Å². The van der Waals surface area contributed by atoms with Crippen molar-refractivity contribution < 1.29 is 9.53 Å². The number of likely N-dealkylation sites (tertiary alicyclic amines) is 1. The van der Waals surface area contributed by atoms with E-state index in [1.165, 1.54) is 0 Å². The molecule has 4 heterocycles. The first-order valence-corrected chi connectivity index (χ1v) is 8.86. The highest BCUT2D eigenvalue weighted by atomic mass is 16.5. The first-order chi connectivity index (χ1) is 12.3. The summed E-state index contributed by atoms with van der Waals surface area (Å²) >= 11 is 0. The predicted octanol–water partition coefficient (Wildman–Crippen LogP) is 2.00. The van der Waals surface area contributed by atoms with E-state index in [2.05, 4.69) is 14.5 Å². The Balaban J connectivity index is 1.48. The summed E-state index contributed by atoms with van der Waals surface area (Å²) in [6.07, 6.45) is 9.43. The summed E-state index contributed by atoms with van der Waals surface area (Å²) < 4.78 is 8.03. The molecule has 1 atom stereocenters. The zero-order valence-electron chi connectivity index (χ0n) is 14.3. The van der Waals surface area contributed by atoms with Gasteiger partial charge in [-0.3, -0.25) is 4.98 Å². The number of imidazole rings is 1. The van der Waals surface area contributed by atoms with Crippen molar-refractivity contribution in [3.05, 3.63) is 42.7 Å². The minimum absolute atomic E-state index is 0.125. The SMILES string of the molecule is O=C(N1CCCC1)N1Cc2nccn2CC(COc2cccnc2)C1. The second-order valence-corrected chi connectivity index (χ2v) is 6.72. The van der Waals surface area contributed by atoms with Gasteiger partial charge in [0.15, 0.2) is 0 Å². The second kappa shape index (κ2) is 7.13. The minimum Gasteiger partial charge on any atom is -0.492 e. The smallest absolute Gasteiger partial charge is 0.320 e. The summed E-state index contributed by atoms with van der Waals surface area (Å²) in [4.78, 5) is 25.3. The molecule has 0 N–H and O–H groups in total. The van der Waals surface area contributed by atoms with Gasteiger partial charge in [0.1, 0.15) is 11.6 Å². The van der Waals surface area contributed by atoms with Crippen LogP contribution in [0.2, 0.25) is 0 Å². The average molecular weight is 341 g/mol. The Hall–Kier alpha value is -2.57. The Bertz CT molecular complexity index is 711. The summed E-state index contributed by atoms with van der Waals surface area (Å²) in [6, 6.07) is 3.89. The third-order valence-corrected chi connectivity index (χ3v) is 4.83. The van der Waals surface area contributed by atoms with E-state index in [9.17, 15) is 4.79 Å². The van der Waals surface area contributed by atoms with E-state index < -0.39 is 0 Å². The average Bonchev–Trinajstić information content (AvgIpc) is 3.29. The highest BCUT2D eigenvalue weighted by Gasteiger charge is 2.30. The zero-order chi connectivity index (χ0) is 17.1. The normalized spacial score (nSPS) is 20.2. The summed E-state index contributed by atoms with van der Waals surface area (Å²) in [5.74, 6) is 1.91. The Morgan fingerprint density at radius 2 is 2.08 bits per heavy atom. The Kier molecular flexibility index (Phi) is 4.54. The number of hydrogen-bond acceptors (Lipinski definition) is 4. The van der Waals surface area contributed by atoms with Crippen LogP contribution in [-0.4, -0.2) is 56.6 Å². The molecule has 25 heavy (non-hydrogen) atoms. The molecule has 0 saturated carbocycles. The summed E-state index contributed by atoms with van der Waals surface area (Å²) in [7, 11) is 0. The molecule has 1 fully saturated rings. The molecule has 0 aromatic carbocycles. The van der Waals surface area contributed by atoms with Crippen molar-refractivity contribution >= 4 is 6.03 Å². The highest BCUT2D eigenvalue weighted by Crippen LogP contribution is 2.20. The quantitative estimate of drug-likeness (QED) is 0.857. The van der Waals surface area contributed by atoms with Gasteiger partial charge in [-0.15, -0.1) is 0 Å². The van der Waals surface area contributed by atoms with E-state index >= 15 is 0 Å². The van der Waals surface area contributed by atoms with Gasteiger partial charge in [0.25, 0.3) is 0 Å². The van der Waals surface area contributed by atoms with E-state index in [0.29, 0.717) is 19.7 Å². The molecule has 0 spiro atoms. The fourth-order valence-electron chi connectivity index (χ4n) is 3.55. The number of carbonyl (C=O) groups excluding carboxylic acids is 1. The van der Waals surface area contributed by atoms with E-state index in [0.717, 1.165) is 44.0 Å². The van der Waals surface area contributed by atoms with Gasteiger partial charge in [-0.05, 0) is 25.0 Å². The molecule has 7 heteroatoms. The number of aromatic nitrogens is 3. The first-order valence-electron chi connectivity index (χ1n) is 8.86. The van der Waals surface area contributed by atoms with Crippen LogP contribution in [0.1, 0.15) is 18.7 Å². The van der Waals surface area contributed by atoms with Crippen LogP contribution in [0.25, 0.3) is 0 Å². The van der Waals surface area contributed by atoms with E-state index in [1.807, 2.05) is 28.1 Å². The molecular weight excluding hydrogens is 318 g/mol. The van der Waals surface area contributed by atoms with Crippen LogP contribution in [0.3, 0.4) is 0 Å². The van der Waals surface area contributed by atoms with Gasteiger partial charge < -0.3 is 19.1 Å². The fraction of sp³-hybridized carbons (Fsp3) is 0.500. The maximum absolute atomic E-state index is 12.9. The van der Waals surface area contributed by atoms with Crippen molar-refractivity contribution in [2.75, 3.05) is 26.2 Å². The molecular formula is C18H23N5O2. The molecule has 2 aliphatic heterocycles. The van der Waals surface area contributed by atoms with Crippen LogP contribution in [0.4, 0.5) is 4.79 Å². The zero-order valence-corrected chi connectivity index (χ0v) is 14.3. The van der Waals surface area contributed by atoms with Crippen molar-refractivity contribution in [2.45, 2.75) is 25.9 Å². The number of rotatable bonds is 3. The molecule has 0 radical (unpaired) electrons. The van der Waals surface area contributed by atoms with Crippen LogP contribution >= 0.6 is 0 Å². The number of hydrogen-bond donors (Lipinski definition) is 0. The number of fused-ring (bicyclic) bond motifs is 1. The predicted molar refractivity (Wildman–Crippen MR) is 92.1 cm³/mol. The molecule has 2 aromatic rings. The largest absolute Gasteiger partial charge is 0.492 e. The molecule has 0 aliphatic carbocycles. The summed E-state index contributed by atoms with van der Waals surface area (Å²) in [6.45, 7) is 4.32. The number of carbonyl (C=O) groups is 1. The van der Waals surface area contributed by atoms with Crippen molar-refractivity contribution in [2.24, 2.45) is 5.92 Å². The first kappa shape index (κ1) is 15.9. The third kappa shape index (κ3) is 3.60. The lowest BCUT2D eigenvalue weighted by atomic mass is 10.1. The third-order valence-electron chi connectivity index (χ3n) is 4.83. The topological polar surface area (TPSA) is 63.5 Å². The molecule has 2 aliphatic rings. The van der Waals surface area contributed by atoms with E-state index in [-0.39, 0.29) is 11.9 Å². The van der Waals surface area contributed by atoms with Crippen molar-refractivity contribution in [3.63, 3.8) is 0 Å². The lowest BCUT2D eigenvalue weighted by Crippen LogP contribution is -2.43. The van der Waals surface area contributed by atoms with Gasteiger partial charge in [-0.1, -0.05) is 0 Å². The van der Waals surface area contributed by atoms with E-state index in [1.54, 1.807) is 18.6 Å². The van der Waals surface area contributed by atoms with Gasteiger partial charge >= 0.3 is 6.03 Å². The molecule has 7 nitrogen and oxygen atoms in total. The van der Waals surface area contributed by atoms with Gasteiger partial charge in [0.2, 0.25) is 0 Å². The lowest BCUT2D eigenvalue weighted by Gasteiger charge is -2.28. The second-order valence-electron chi connectivity index (χ2n) is 6.72. The summed E-state index contributed by atoms with van der Waals surface area (Å²) in [5, 5.41) is 0. The lowest BCUT2D eigenvalue weighted by molar-refractivity contribution is 0.140. The van der Waals surface area contributed by atoms with Crippen molar-refractivity contribution in [1.82, 2.24) is 24.3 Å². The Labute approximate surface area is 147 Å². The molecule has 1 saturated heterocycles. The highest BCUT2D eigenvalue weighted by molar-refractivity contribution is 5.74. The Morgan fingerprint density at radius 3 is 2.88 bits per heavy atom. The Morgan fingerprint density at radius 1 is 1.20 bits per heavy atom. The number of urea groups is 1. The maximum Gasteiger partial charge on any atom is 0.320 e. The van der Waals surface area contributed by atoms with Gasteiger partial charge in [0, 0.05) is 50.7 Å². The van der Waals surface area contributed by atoms with E-state index in [4.69, 9.17) is 4.74 Å². The number of ether oxygens (including phenoxy) is 1. The molecule has 0 bridgehead atoms. The fourth-order valence-corrected chi connectivity index (χ4v) is 3.55. The molecule has 132 valence electrons. The molecule has 2 aromatic heterocycles. The van der Waals surface area contributed by atoms with Gasteiger partial charge in [-0.25, -0.2) is 9.78 Å². The molecule has 4 rings (SSSR count). The van der Waals surface area contributed by atoms with Crippen molar-refractivity contribution in [3.8, 4) is 5.75 Å². The minimum atomic E-state index is 0.125. The maximum atomic E-state index is 12.9. The van der Waals surface area contributed by atoms with Gasteiger partial charge in [0.05, 0.1) is 19.3 Å². The molecule has 2 amide bonds. The number of nitrogens with zero attached hydrogens (tertiary/aromatic N) is 5. The number of amides is 2. The van der Waals surface area contributed by atoms with Crippen LogP contribution in [0.15, 0.2) is 36.9 Å². The van der Waals surface area contributed by atoms with Crippen LogP contribution in [0.5, 0.6) is 5.75 Å². The number of pyridine rings is 1. The summed E-state index contributed by atoms with van der Waals surface area (Å²) in [5.41, 5.74) is 0.